The Morgan fingerprint density at radius 3 is 2.75 bits per heavy atom. The molecule has 1 atom stereocenters. The Balaban J connectivity index is 2.04. The monoisotopic (exact) mass is 396 g/mol. The number of anilines is 1. The van der Waals surface area contributed by atoms with Crippen molar-refractivity contribution in [3.8, 4) is 11.3 Å². The molecule has 2 aromatic heterocycles. The number of aryl methyl sites for hydroxylation is 1. The summed E-state index contributed by atoms with van der Waals surface area (Å²) in [7, 11) is 1.92. The van der Waals surface area contributed by atoms with Gasteiger partial charge in [0.1, 0.15) is 5.69 Å². The van der Waals surface area contributed by atoms with Crippen molar-refractivity contribution in [2.45, 2.75) is 31.6 Å². The number of hydrogen-bond acceptors (Lipinski definition) is 4. The second-order valence-electron chi connectivity index (χ2n) is 6.72. The van der Waals surface area contributed by atoms with Crippen LogP contribution in [0.15, 0.2) is 52.5 Å². The Labute approximate surface area is 167 Å². The number of aromatic amines is 1. The van der Waals surface area contributed by atoms with E-state index in [1.165, 1.54) is 18.7 Å². The van der Waals surface area contributed by atoms with Crippen LogP contribution in [-0.4, -0.2) is 26.3 Å². The molecule has 0 fully saturated rings. The Morgan fingerprint density at radius 2 is 2.07 bits per heavy atom. The highest BCUT2D eigenvalue weighted by Gasteiger charge is 2.45. The molecule has 7 nitrogen and oxygen atoms in total. The largest absolute Gasteiger partial charge is 0.347 e. The number of amides is 1. The molecular formula is C20H22N5O2S+. The van der Waals surface area contributed by atoms with Crippen LogP contribution in [-0.2, 0) is 11.8 Å². The fourth-order valence-electron chi connectivity index (χ4n) is 3.59. The Hall–Kier alpha value is -2.87. The van der Waals surface area contributed by atoms with E-state index in [1.54, 1.807) is 9.58 Å². The van der Waals surface area contributed by atoms with Crippen molar-refractivity contribution in [2.24, 2.45) is 7.05 Å². The zero-order chi connectivity index (χ0) is 19.8. The van der Waals surface area contributed by atoms with E-state index in [-0.39, 0.29) is 11.5 Å². The molecule has 0 radical (unpaired) electrons. The number of H-pyrrole nitrogens is 1. The molecule has 1 aromatic carbocycles. The number of hydrogen-bond donors (Lipinski definition) is 1. The zero-order valence-electron chi connectivity index (χ0n) is 16.0. The molecular weight excluding hydrogens is 374 g/mol. The number of rotatable bonds is 4. The third-order valence-corrected chi connectivity index (χ3v) is 5.86. The van der Waals surface area contributed by atoms with Gasteiger partial charge in [0.15, 0.2) is 0 Å². The van der Waals surface area contributed by atoms with Crippen molar-refractivity contribution in [3.63, 3.8) is 0 Å². The molecule has 28 heavy (non-hydrogen) atoms. The number of nitrogens with zero attached hydrogens (tertiary/aromatic N) is 4. The minimum absolute atomic E-state index is 0.110. The average molecular weight is 396 g/mol. The van der Waals surface area contributed by atoms with Crippen LogP contribution in [0.5, 0.6) is 0 Å². The smallest absolute Gasteiger partial charge is 0.325 e. The van der Waals surface area contributed by atoms with Crippen molar-refractivity contribution < 1.29 is 9.48 Å². The molecule has 1 aliphatic rings. The number of carbonyl (C=O) groups is 1. The number of carbonyl (C=O) groups excluding carboxylic acids is 1. The van der Waals surface area contributed by atoms with Crippen LogP contribution in [0.2, 0.25) is 0 Å². The first-order valence-electron chi connectivity index (χ1n) is 9.22. The summed E-state index contributed by atoms with van der Waals surface area (Å²) in [6, 6.07) is 11.3. The molecule has 1 amide bonds. The van der Waals surface area contributed by atoms with Gasteiger partial charge in [-0.3, -0.25) is 14.6 Å². The zero-order valence-corrected chi connectivity index (χ0v) is 16.9. The minimum Gasteiger partial charge on any atom is -0.347 e. The number of benzene rings is 1. The Kier molecular flexibility index (Phi) is 4.80. The SMILES string of the molecule is CCCSc1n[n+]2c(c(=O)[nH]1)-c1ccccc1N(C(C)=O)C2c1cccn1C. The van der Waals surface area contributed by atoms with Crippen molar-refractivity contribution in [3.05, 3.63) is 58.6 Å². The van der Waals surface area contributed by atoms with Crippen molar-refractivity contribution in [1.29, 1.82) is 0 Å². The lowest BCUT2D eigenvalue weighted by Crippen LogP contribution is -2.61. The van der Waals surface area contributed by atoms with Gasteiger partial charge in [0.2, 0.25) is 11.1 Å². The molecule has 4 rings (SSSR count). The summed E-state index contributed by atoms with van der Waals surface area (Å²) < 4.78 is 3.64. The molecule has 0 saturated carbocycles. The van der Waals surface area contributed by atoms with Crippen LogP contribution in [0.25, 0.3) is 11.3 Å². The van der Waals surface area contributed by atoms with Crippen LogP contribution < -0.4 is 15.1 Å². The Bertz CT molecular complexity index is 1100. The molecule has 144 valence electrons. The van der Waals surface area contributed by atoms with Gasteiger partial charge in [-0.05, 0) is 35.4 Å². The lowest BCUT2D eigenvalue weighted by molar-refractivity contribution is -0.763. The fraction of sp³-hybridized carbons (Fsp3) is 0.300. The maximum Gasteiger partial charge on any atom is 0.325 e. The molecule has 3 heterocycles. The third kappa shape index (κ3) is 2.93. The van der Waals surface area contributed by atoms with E-state index < -0.39 is 6.17 Å². The normalized spacial score (nSPS) is 15.2. The average Bonchev–Trinajstić information content (AvgIpc) is 3.10. The lowest BCUT2D eigenvalue weighted by Gasteiger charge is -2.31. The summed E-state index contributed by atoms with van der Waals surface area (Å²) >= 11 is 1.50. The molecule has 0 spiro atoms. The summed E-state index contributed by atoms with van der Waals surface area (Å²) in [6.07, 6.45) is 2.36. The molecule has 0 aliphatic carbocycles. The van der Waals surface area contributed by atoms with Gasteiger partial charge in [0.25, 0.3) is 0 Å². The maximum atomic E-state index is 13.0. The first-order chi connectivity index (χ1) is 13.5. The summed E-state index contributed by atoms with van der Waals surface area (Å²) in [4.78, 5) is 30.4. The van der Waals surface area contributed by atoms with E-state index in [2.05, 4.69) is 11.9 Å². The second kappa shape index (κ2) is 7.27. The standard InChI is InChI=1S/C20H21N5O2S/c1-4-12-28-20-21-18(27)17-14-8-5-6-9-15(14)24(13(2)26)19(25(17)22-20)16-10-7-11-23(16)3/h5-11,19H,4,12H2,1-3H3/p+1. The molecule has 1 N–H and O–H groups in total. The van der Waals surface area contributed by atoms with Gasteiger partial charge in [-0.25, -0.2) is 4.90 Å². The van der Waals surface area contributed by atoms with E-state index in [0.29, 0.717) is 22.1 Å². The van der Waals surface area contributed by atoms with E-state index in [1.807, 2.05) is 54.2 Å². The molecule has 1 aliphatic heterocycles. The predicted molar refractivity (Wildman–Crippen MR) is 108 cm³/mol. The molecule has 0 bridgehead atoms. The van der Waals surface area contributed by atoms with Gasteiger partial charge < -0.3 is 4.57 Å². The number of fused-ring (bicyclic) bond motifs is 3. The summed E-state index contributed by atoms with van der Waals surface area (Å²) in [6.45, 7) is 3.62. The highest BCUT2D eigenvalue weighted by Crippen LogP contribution is 2.37. The van der Waals surface area contributed by atoms with Gasteiger partial charge in [0, 0.05) is 31.0 Å². The van der Waals surface area contributed by atoms with Crippen molar-refractivity contribution in [1.82, 2.24) is 14.6 Å². The van der Waals surface area contributed by atoms with Crippen LogP contribution in [0.1, 0.15) is 32.1 Å². The molecule has 1 unspecified atom stereocenters. The van der Waals surface area contributed by atoms with E-state index >= 15 is 0 Å². The number of thioether (sulfide) groups is 1. The topological polar surface area (TPSA) is 74.9 Å². The third-order valence-electron chi connectivity index (χ3n) is 4.79. The summed E-state index contributed by atoms with van der Waals surface area (Å²) in [5, 5.41) is 5.29. The van der Waals surface area contributed by atoms with Crippen LogP contribution in [0.3, 0.4) is 0 Å². The van der Waals surface area contributed by atoms with Crippen LogP contribution in [0.4, 0.5) is 5.69 Å². The summed E-state index contributed by atoms with van der Waals surface area (Å²) in [5.41, 5.74) is 2.54. The number of para-hydroxylation sites is 1. The van der Waals surface area contributed by atoms with Gasteiger partial charge in [0.05, 0.1) is 11.3 Å². The fourth-order valence-corrected chi connectivity index (χ4v) is 4.29. The Morgan fingerprint density at radius 1 is 1.29 bits per heavy atom. The highest BCUT2D eigenvalue weighted by atomic mass is 32.2. The first-order valence-corrected chi connectivity index (χ1v) is 10.2. The quantitative estimate of drug-likeness (QED) is 0.543. The van der Waals surface area contributed by atoms with Crippen molar-refractivity contribution in [2.75, 3.05) is 10.7 Å². The molecule has 3 aromatic rings. The van der Waals surface area contributed by atoms with Crippen LogP contribution in [0, 0.1) is 0 Å². The predicted octanol–water partition coefficient (Wildman–Crippen LogP) is 2.48. The maximum absolute atomic E-state index is 13.0. The summed E-state index contributed by atoms with van der Waals surface area (Å²) in [5.74, 6) is 0.742. The lowest BCUT2D eigenvalue weighted by atomic mass is 10.0. The van der Waals surface area contributed by atoms with Crippen molar-refractivity contribution >= 4 is 23.4 Å². The second-order valence-corrected chi connectivity index (χ2v) is 7.81. The van der Waals surface area contributed by atoms with Gasteiger partial charge >= 0.3 is 17.4 Å². The first kappa shape index (κ1) is 18.5. The highest BCUT2D eigenvalue weighted by molar-refractivity contribution is 7.99. The van der Waals surface area contributed by atoms with Gasteiger partial charge in [-0.1, -0.05) is 30.8 Å². The van der Waals surface area contributed by atoms with Gasteiger partial charge in [-0.2, -0.15) is 0 Å². The van der Waals surface area contributed by atoms with E-state index in [4.69, 9.17) is 5.10 Å². The van der Waals surface area contributed by atoms with E-state index in [9.17, 15) is 9.59 Å². The molecule has 8 heteroatoms. The minimum atomic E-state index is -0.536. The van der Waals surface area contributed by atoms with E-state index in [0.717, 1.165) is 17.9 Å². The molecule has 0 saturated heterocycles. The number of aromatic nitrogens is 4. The van der Waals surface area contributed by atoms with Gasteiger partial charge in [-0.15, -0.1) is 0 Å². The van der Waals surface area contributed by atoms with Crippen LogP contribution >= 0.6 is 11.8 Å². The number of nitrogens with one attached hydrogen (secondary N) is 1.